The number of nitrogens with zero attached hydrogens (tertiary/aromatic N) is 4. The second-order valence-electron chi connectivity index (χ2n) is 6.23. The number of hydrogen-bond donors (Lipinski definition) is 0. The predicted octanol–water partition coefficient (Wildman–Crippen LogP) is 0.629. The largest absolute Gasteiger partial charge is 1.00 e. The van der Waals surface area contributed by atoms with Gasteiger partial charge in [-0.1, -0.05) is 0 Å². The SMILES string of the molecule is C[n+]1ccc(N=Nc2cc3c4c(c2)CCCN4CCC3)cc1.[Cl-]. The van der Waals surface area contributed by atoms with E-state index >= 15 is 0 Å². The first kappa shape index (κ1) is 15.9. The van der Waals surface area contributed by atoms with Gasteiger partial charge in [0.1, 0.15) is 7.05 Å². The van der Waals surface area contributed by atoms with Crippen molar-refractivity contribution in [3.05, 3.63) is 47.8 Å². The van der Waals surface area contributed by atoms with Crippen molar-refractivity contribution in [1.82, 2.24) is 0 Å². The number of azo groups is 1. The third kappa shape index (κ3) is 3.22. The van der Waals surface area contributed by atoms with Crippen LogP contribution < -0.4 is 21.9 Å². The summed E-state index contributed by atoms with van der Waals surface area (Å²) in [6.45, 7) is 2.42. The Balaban J connectivity index is 0.00000156. The highest BCUT2D eigenvalue weighted by molar-refractivity contribution is 5.67. The van der Waals surface area contributed by atoms with Gasteiger partial charge in [0.05, 0.1) is 11.4 Å². The summed E-state index contributed by atoms with van der Waals surface area (Å²) in [5, 5.41) is 8.85. The van der Waals surface area contributed by atoms with Crippen molar-refractivity contribution in [2.24, 2.45) is 17.3 Å². The van der Waals surface area contributed by atoms with Crippen molar-refractivity contribution in [1.29, 1.82) is 0 Å². The van der Waals surface area contributed by atoms with Crippen LogP contribution in [0, 0.1) is 0 Å². The topological polar surface area (TPSA) is 31.8 Å². The maximum Gasteiger partial charge on any atom is 0.170 e. The first-order chi connectivity index (χ1) is 10.8. The Morgan fingerprint density at radius 1 is 0.913 bits per heavy atom. The lowest BCUT2D eigenvalue weighted by atomic mass is 9.91. The van der Waals surface area contributed by atoms with E-state index in [1.807, 2.05) is 36.1 Å². The lowest BCUT2D eigenvalue weighted by molar-refractivity contribution is -0.671. The molecule has 0 bridgehead atoms. The minimum absolute atomic E-state index is 0. The van der Waals surface area contributed by atoms with Crippen LogP contribution in [0.25, 0.3) is 0 Å². The van der Waals surface area contributed by atoms with Crippen molar-refractivity contribution < 1.29 is 17.0 Å². The van der Waals surface area contributed by atoms with Crippen molar-refractivity contribution in [2.75, 3.05) is 18.0 Å². The maximum atomic E-state index is 4.47. The molecule has 2 aromatic rings. The number of aromatic nitrogens is 1. The molecular weight excluding hydrogens is 308 g/mol. The van der Waals surface area contributed by atoms with Crippen LogP contribution in [0.3, 0.4) is 0 Å². The van der Waals surface area contributed by atoms with E-state index in [9.17, 15) is 0 Å². The zero-order chi connectivity index (χ0) is 14.9. The highest BCUT2D eigenvalue weighted by Gasteiger charge is 2.24. The minimum atomic E-state index is 0. The van der Waals surface area contributed by atoms with E-state index < -0.39 is 0 Å². The third-order valence-electron chi connectivity index (χ3n) is 4.56. The lowest BCUT2D eigenvalue weighted by Gasteiger charge is -2.36. The predicted molar refractivity (Wildman–Crippen MR) is 87.1 cm³/mol. The molecule has 4 rings (SSSR count). The molecule has 2 aliphatic heterocycles. The molecule has 0 N–H and O–H groups in total. The Kier molecular flexibility index (Phi) is 4.62. The molecule has 4 nitrogen and oxygen atoms in total. The molecule has 5 heteroatoms. The van der Waals surface area contributed by atoms with Crippen LogP contribution in [-0.4, -0.2) is 13.1 Å². The number of pyridine rings is 1. The van der Waals surface area contributed by atoms with Gasteiger partial charge in [0.2, 0.25) is 0 Å². The normalized spacial score (nSPS) is 16.1. The fraction of sp³-hybridized carbons (Fsp3) is 0.389. The molecule has 120 valence electrons. The molecule has 1 aromatic carbocycles. The van der Waals surface area contributed by atoms with Crippen molar-refractivity contribution >= 4 is 17.1 Å². The second kappa shape index (κ2) is 6.67. The quantitative estimate of drug-likeness (QED) is 0.588. The molecule has 0 aliphatic carbocycles. The number of aryl methyl sites for hydroxylation is 3. The van der Waals surface area contributed by atoms with Gasteiger partial charge in [-0.15, -0.1) is 0 Å². The summed E-state index contributed by atoms with van der Waals surface area (Å²) in [6.07, 6.45) is 8.82. The average molecular weight is 329 g/mol. The Labute approximate surface area is 143 Å². The number of hydrogen-bond acceptors (Lipinski definition) is 3. The Bertz CT molecular complexity index is 693. The highest BCUT2D eigenvalue weighted by atomic mass is 35.5. The van der Waals surface area contributed by atoms with Crippen molar-refractivity contribution in [3.8, 4) is 0 Å². The van der Waals surface area contributed by atoms with E-state index in [4.69, 9.17) is 0 Å². The summed E-state index contributed by atoms with van der Waals surface area (Å²) >= 11 is 0. The van der Waals surface area contributed by atoms with E-state index in [0.717, 1.165) is 11.4 Å². The van der Waals surface area contributed by atoms with Gasteiger partial charge >= 0.3 is 0 Å². The van der Waals surface area contributed by atoms with E-state index in [-0.39, 0.29) is 12.4 Å². The van der Waals surface area contributed by atoms with E-state index in [2.05, 4.69) is 27.3 Å². The molecule has 0 radical (unpaired) electrons. The molecule has 0 unspecified atom stereocenters. The van der Waals surface area contributed by atoms with E-state index in [1.54, 1.807) is 0 Å². The summed E-state index contributed by atoms with van der Waals surface area (Å²) in [7, 11) is 2.00. The van der Waals surface area contributed by atoms with Gasteiger partial charge in [-0.2, -0.15) is 10.2 Å². The molecule has 0 atom stereocenters. The van der Waals surface area contributed by atoms with Crippen LogP contribution in [0.1, 0.15) is 24.0 Å². The van der Waals surface area contributed by atoms with Crippen molar-refractivity contribution in [2.45, 2.75) is 25.7 Å². The van der Waals surface area contributed by atoms with Crippen LogP contribution >= 0.6 is 0 Å². The van der Waals surface area contributed by atoms with E-state index in [0.29, 0.717) is 0 Å². The van der Waals surface area contributed by atoms with Crippen LogP contribution in [-0.2, 0) is 19.9 Å². The number of halogens is 1. The van der Waals surface area contributed by atoms with Gasteiger partial charge in [-0.3, -0.25) is 0 Å². The van der Waals surface area contributed by atoms with Gasteiger partial charge in [-0.05, 0) is 48.9 Å². The molecule has 3 heterocycles. The van der Waals surface area contributed by atoms with Crippen LogP contribution in [0.5, 0.6) is 0 Å². The monoisotopic (exact) mass is 328 g/mol. The van der Waals surface area contributed by atoms with Gasteiger partial charge in [-0.25, -0.2) is 4.57 Å². The summed E-state index contributed by atoms with van der Waals surface area (Å²) in [4.78, 5) is 2.55. The minimum Gasteiger partial charge on any atom is -1.00 e. The summed E-state index contributed by atoms with van der Waals surface area (Å²) < 4.78 is 2.00. The zero-order valence-electron chi connectivity index (χ0n) is 13.4. The Morgan fingerprint density at radius 3 is 2.09 bits per heavy atom. The lowest BCUT2D eigenvalue weighted by Crippen LogP contribution is -3.00. The standard InChI is InChI=1S/C18H21N4.ClH/c1-21-10-6-16(7-11-21)19-20-17-12-14-4-2-8-22-9-3-5-15(13-17)18(14)22;/h6-7,10-13H,2-5,8-9H2,1H3;1H/q+1;/p-1. The number of rotatable bonds is 2. The Morgan fingerprint density at radius 2 is 1.48 bits per heavy atom. The number of benzene rings is 1. The van der Waals surface area contributed by atoms with E-state index in [1.165, 1.54) is 55.6 Å². The molecule has 0 amide bonds. The molecule has 0 saturated carbocycles. The Hall–Kier alpha value is -1.94. The first-order valence-electron chi connectivity index (χ1n) is 8.07. The average Bonchev–Trinajstić information content (AvgIpc) is 2.55. The van der Waals surface area contributed by atoms with Crippen molar-refractivity contribution in [3.63, 3.8) is 0 Å². The van der Waals surface area contributed by atoms with Gasteiger partial charge in [0.25, 0.3) is 0 Å². The molecule has 0 fully saturated rings. The molecular formula is C18H21ClN4. The summed E-state index contributed by atoms with van der Waals surface area (Å²) in [5.74, 6) is 0. The molecule has 0 saturated heterocycles. The maximum absolute atomic E-state index is 4.47. The fourth-order valence-corrected chi connectivity index (χ4v) is 3.52. The smallest absolute Gasteiger partial charge is 0.170 e. The van der Waals surface area contributed by atoms with Crippen LogP contribution in [0.15, 0.2) is 46.9 Å². The van der Waals surface area contributed by atoms with Crippen LogP contribution in [0.2, 0.25) is 0 Å². The molecule has 23 heavy (non-hydrogen) atoms. The second-order valence-corrected chi connectivity index (χ2v) is 6.23. The molecule has 0 spiro atoms. The molecule has 1 aromatic heterocycles. The van der Waals surface area contributed by atoms with Gasteiger partial charge in [0.15, 0.2) is 12.4 Å². The third-order valence-corrected chi connectivity index (χ3v) is 4.56. The first-order valence-corrected chi connectivity index (χ1v) is 8.07. The summed E-state index contributed by atoms with van der Waals surface area (Å²) in [5.41, 5.74) is 6.29. The van der Waals surface area contributed by atoms with Gasteiger partial charge < -0.3 is 17.3 Å². The number of anilines is 1. The van der Waals surface area contributed by atoms with Crippen LogP contribution in [0.4, 0.5) is 17.1 Å². The zero-order valence-corrected chi connectivity index (χ0v) is 14.1. The van der Waals surface area contributed by atoms with Gasteiger partial charge in [0, 0.05) is 30.9 Å². The fourth-order valence-electron chi connectivity index (χ4n) is 3.52. The summed E-state index contributed by atoms with van der Waals surface area (Å²) in [6, 6.07) is 8.41. The highest BCUT2D eigenvalue weighted by Crippen LogP contribution is 2.38. The molecule has 2 aliphatic rings.